The van der Waals surface area contributed by atoms with Gasteiger partial charge in [0.05, 0.1) is 5.60 Å². The highest BCUT2D eigenvalue weighted by atomic mass is 16.6. The number of rotatable bonds is 1. The Labute approximate surface area is 148 Å². The number of nitrogen functional groups attached to an aromatic ring is 1. The summed E-state index contributed by atoms with van der Waals surface area (Å²) in [6.45, 7) is 4.30. The zero-order valence-corrected chi connectivity index (χ0v) is 14.8. The predicted molar refractivity (Wildman–Crippen MR) is 97.7 cm³/mol. The second-order valence-corrected chi connectivity index (χ2v) is 7.73. The van der Waals surface area contributed by atoms with Crippen LogP contribution in [0.3, 0.4) is 0 Å². The fraction of sp³-hybridized carbons (Fsp3) is 0.476. The first-order valence-electron chi connectivity index (χ1n) is 9.08. The topological polar surface area (TPSA) is 64.8 Å². The lowest BCUT2D eigenvalue weighted by Crippen LogP contribution is -2.28. The smallest absolute Gasteiger partial charge is 0.334 e. The van der Waals surface area contributed by atoms with E-state index in [9.17, 15) is 4.79 Å². The summed E-state index contributed by atoms with van der Waals surface area (Å²) in [4.78, 5) is 12.6. The molecule has 2 saturated heterocycles. The summed E-state index contributed by atoms with van der Waals surface area (Å²) in [6.07, 6.45) is 7.98. The van der Waals surface area contributed by atoms with Crippen molar-refractivity contribution in [3.05, 3.63) is 47.1 Å². The molecule has 0 aromatic heterocycles. The van der Waals surface area contributed by atoms with E-state index in [-0.39, 0.29) is 29.7 Å². The number of ether oxygens (including phenoxy) is 2. The third-order valence-corrected chi connectivity index (χ3v) is 5.73. The van der Waals surface area contributed by atoms with Crippen molar-refractivity contribution >= 4 is 17.7 Å². The molecule has 1 aromatic rings. The van der Waals surface area contributed by atoms with Crippen molar-refractivity contribution < 1.29 is 14.3 Å². The molecule has 2 heterocycles. The van der Waals surface area contributed by atoms with Crippen molar-refractivity contribution in [1.29, 1.82) is 0 Å². The summed E-state index contributed by atoms with van der Waals surface area (Å²) in [6, 6.07) is 7.60. The number of hydrogen-bond acceptors (Lipinski definition) is 4. The molecule has 0 unspecified atom stereocenters. The molecular weight excluding hydrogens is 314 g/mol. The minimum Gasteiger partial charge on any atom is -0.455 e. The normalized spacial score (nSPS) is 38.3. The highest BCUT2D eigenvalue weighted by Gasteiger charge is 2.61. The molecule has 4 atom stereocenters. The molecule has 1 aliphatic carbocycles. The number of allylic oxidation sites excluding steroid dienone is 2. The molecule has 1 aromatic carbocycles. The number of esters is 1. The quantitative estimate of drug-likeness (QED) is 0.277. The highest BCUT2D eigenvalue weighted by molar-refractivity contribution is 5.96. The Balaban J connectivity index is 1.68. The maximum atomic E-state index is 12.6. The molecule has 4 nitrogen and oxygen atoms in total. The lowest BCUT2D eigenvalue weighted by molar-refractivity contribution is -0.139. The standard InChI is InChI=1S/C21H25NO3/c1-13-5-4-10-21(2)19(25-21)18-16(9-8-13)17(20(23)24-18)12-14-6-3-7-15(22)11-14/h3,5-7,11-12,16,18-19H,4,8-10,22H2,1-2H3/b13-5+,17-12+/t16-,18-,19-,21+/m0/s1. The van der Waals surface area contributed by atoms with E-state index >= 15 is 0 Å². The lowest BCUT2D eigenvalue weighted by atomic mass is 9.83. The number of fused-ring (bicyclic) bond motifs is 3. The summed E-state index contributed by atoms with van der Waals surface area (Å²) >= 11 is 0. The van der Waals surface area contributed by atoms with E-state index in [2.05, 4.69) is 19.9 Å². The predicted octanol–water partition coefficient (Wildman–Crippen LogP) is 3.87. The number of anilines is 1. The van der Waals surface area contributed by atoms with Gasteiger partial charge >= 0.3 is 5.97 Å². The Morgan fingerprint density at radius 1 is 1.36 bits per heavy atom. The van der Waals surface area contributed by atoms with Gasteiger partial charge in [-0.2, -0.15) is 0 Å². The zero-order valence-electron chi connectivity index (χ0n) is 14.8. The monoisotopic (exact) mass is 339 g/mol. The first kappa shape index (κ1) is 16.4. The van der Waals surface area contributed by atoms with E-state index in [4.69, 9.17) is 15.2 Å². The average Bonchev–Trinajstić information content (AvgIpc) is 3.13. The molecular formula is C21H25NO3. The molecule has 4 rings (SSSR count). The Hall–Kier alpha value is -2.07. The Morgan fingerprint density at radius 2 is 2.20 bits per heavy atom. The largest absolute Gasteiger partial charge is 0.455 e. The van der Waals surface area contributed by atoms with Crippen LogP contribution in [-0.4, -0.2) is 23.8 Å². The van der Waals surface area contributed by atoms with Crippen LogP contribution in [0.25, 0.3) is 6.08 Å². The minimum atomic E-state index is -0.212. The summed E-state index contributed by atoms with van der Waals surface area (Å²) < 4.78 is 11.8. The number of benzene rings is 1. The first-order chi connectivity index (χ1) is 12.0. The van der Waals surface area contributed by atoms with E-state index in [1.165, 1.54) is 5.57 Å². The number of carbonyl (C=O) groups is 1. The molecule has 0 saturated carbocycles. The molecule has 25 heavy (non-hydrogen) atoms. The van der Waals surface area contributed by atoms with Crippen LogP contribution in [0, 0.1) is 5.92 Å². The molecule has 0 bridgehead atoms. The van der Waals surface area contributed by atoms with Crippen LogP contribution in [0.5, 0.6) is 0 Å². The van der Waals surface area contributed by atoms with Gasteiger partial charge in [-0.3, -0.25) is 0 Å². The van der Waals surface area contributed by atoms with Gasteiger partial charge in [-0.25, -0.2) is 4.79 Å². The Morgan fingerprint density at radius 3 is 3.00 bits per heavy atom. The van der Waals surface area contributed by atoms with Crippen LogP contribution in [0.1, 0.15) is 45.1 Å². The first-order valence-corrected chi connectivity index (χ1v) is 9.08. The number of epoxide rings is 1. The van der Waals surface area contributed by atoms with Gasteiger partial charge < -0.3 is 15.2 Å². The maximum Gasteiger partial charge on any atom is 0.334 e. The van der Waals surface area contributed by atoms with Gasteiger partial charge in [0.15, 0.2) is 0 Å². The van der Waals surface area contributed by atoms with Crippen molar-refractivity contribution in [1.82, 2.24) is 0 Å². The second-order valence-electron chi connectivity index (χ2n) is 7.73. The number of nitrogens with two attached hydrogens (primary N) is 1. The Kier molecular flexibility index (Phi) is 3.95. The van der Waals surface area contributed by atoms with Gasteiger partial charge in [-0.15, -0.1) is 0 Å². The molecule has 4 heteroatoms. The van der Waals surface area contributed by atoms with E-state index in [0.29, 0.717) is 5.69 Å². The molecule has 0 amide bonds. The van der Waals surface area contributed by atoms with E-state index < -0.39 is 0 Å². The number of carbonyl (C=O) groups excluding carboxylic acids is 1. The average molecular weight is 339 g/mol. The van der Waals surface area contributed by atoms with Crippen LogP contribution in [0.15, 0.2) is 41.5 Å². The van der Waals surface area contributed by atoms with Gasteiger partial charge in [-0.1, -0.05) is 23.8 Å². The summed E-state index contributed by atoms with van der Waals surface area (Å²) in [5.74, 6) is -0.140. The molecule has 132 valence electrons. The van der Waals surface area contributed by atoms with Crippen molar-refractivity contribution in [2.45, 2.75) is 57.3 Å². The van der Waals surface area contributed by atoms with Crippen LogP contribution >= 0.6 is 0 Å². The van der Waals surface area contributed by atoms with Crippen LogP contribution in [-0.2, 0) is 14.3 Å². The van der Waals surface area contributed by atoms with Gasteiger partial charge in [0.2, 0.25) is 0 Å². The molecule has 0 spiro atoms. The fourth-order valence-electron chi connectivity index (χ4n) is 4.15. The summed E-state index contributed by atoms with van der Waals surface area (Å²) in [5.41, 5.74) is 9.48. The molecule has 0 radical (unpaired) electrons. The van der Waals surface area contributed by atoms with Crippen molar-refractivity contribution in [3.63, 3.8) is 0 Å². The molecule has 3 aliphatic rings. The van der Waals surface area contributed by atoms with E-state index in [1.807, 2.05) is 30.3 Å². The third kappa shape index (κ3) is 3.11. The third-order valence-electron chi connectivity index (χ3n) is 5.73. The fourth-order valence-corrected chi connectivity index (χ4v) is 4.15. The van der Waals surface area contributed by atoms with Gasteiger partial charge in [-0.05, 0) is 63.3 Å². The van der Waals surface area contributed by atoms with Crippen molar-refractivity contribution in [3.8, 4) is 0 Å². The highest BCUT2D eigenvalue weighted by Crippen LogP contribution is 2.50. The van der Waals surface area contributed by atoms with Gasteiger partial charge in [0, 0.05) is 17.2 Å². The van der Waals surface area contributed by atoms with Gasteiger partial charge in [0.25, 0.3) is 0 Å². The minimum absolute atomic E-state index is 0.0139. The lowest BCUT2D eigenvalue weighted by Gasteiger charge is -2.19. The van der Waals surface area contributed by atoms with Gasteiger partial charge in [0.1, 0.15) is 12.2 Å². The SMILES string of the molecule is C/C1=C\CC[C@@]2(C)O[C@H]2[C@H]2OC(=O)/C(=C/c3cccc(N)c3)[C@@H]2CC1. The number of hydrogen-bond donors (Lipinski definition) is 1. The van der Waals surface area contributed by atoms with E-state index in [0.717, 1.165) is 36.8 Å². The summed E-state index contributed by atoms with van der Waals surface area (Å²) in [5, 5.41) is 0. The maximum absolute atomic E-state index is 12.6. The van der Waals surface area contributed by atoms with Crippen LogP contribution in [0.4, 0.5) is 5.69 Å². The van der Waals surface area contributed by atoms with Crippen LogP contribution < -0.4 is 5.73 Å². The molecule has 2 fully saturated rings. The van der Waals surface area contributed by atoms with E-state index in [1.54, 1.807) is 0 Å². The zero-order chi connectivity index (χ0) is 17.6. The molecule has 2 aliphatic heterocycles. The molecule has 2 N–H and O–H groups in total. The Bertz CT molecular complexity index is 766. The van der Waals surface area contributed by atoms with Crippen molar-refractivity contribution in [2.75, 3.05) is 5.73 Å². The van der Waals surface area contributed by atoms with Crippen molar-refractivity contribution in [2.24, 2.45) is 5.92 Å². The second kappa shape index (κ2) is 6.03. The summed E-state index contributed by atoms with van der Waals surface area (Å²) in [7, 11) is 0. The van der Waals surface area contributed by atoms with Crippen LogP contribution in [0.2, 0.25) is 0 Å².